The molecule has 0 aromatic heterocycles. The van der Waals surface area contributed by atoms with Gasteiger partial charge in [-0.25, -0.2) is 0 Å². The average molecular weight is 529 g/mol. The maximum absolute atomic E-state index is 14.2. The van der Waals surface area contributed by atoms with Crippen LogP contribution < -0.4 is 0 Å². The summed E-state index contributed by atoms with van der Waals surface area (Å²) >= 11 is -3.00. The van der Waals surface area contributed by atoms with E-state index in [0.717, 1.165) is 8.89 Å². The number of benzene rings is 1. The monoisotopic (exact) mass is 530 g/mol. The van der Waals surface area contributed by atoms with Gasteiger partial charge in [0.05, 0.1) is 0 Å². The molecule has 0 atom stereocenters. The number of rotatable bonds is 16. The van der Waals surface area contributed by atoms with Crippen molar-refractivity contribution in [1.82, 2.24) is 0 Å². The van der Waals surface area contributed by atoms with Crippen LogP contribution in [0.5, 0.6) is 0 Å². The van der Waals surface area contributed by atoms with Gasteiger partial charge in [0.2, 0.25) is 0 Å². The third kappa shape index (κ3) is 8.51. The molecule has 5 heteroatoms. The summed E-state index contributed by atoms with van der Waals surface area (Å²) < 4.78 is 31.0. The summed E-state index contributed by atoms with van der Waals surface area (Å²) in [5.74, 6) is 0. The van der Waals surface area contributed by atoms with E-state index in [0.29, 0.717) is 13.2 Å². The first-order chi connectivity index (χ1) is 14.0. The van der Waals surface area contributed by atoms with E-state index in [2.05, 4.69) is 51.1 Å². The molecule has 0 N–H and O–H groups in total. The van der Waals surface area contributed by atoms with Crippen molar-refractivity contribution in [3.05, 3.63) is 39.2 Å². The third-order valence-electron chi connectivity index (χ3n) is 5.57. The zero-order valence-corrected chi connectivity index (χ0v) is 23.2. The van der Waals surface area contributed by atoms with Crippen LogP contribution in [0, 0.1) is 0 Å². The first kappa shape index (κ1) is 26.9. The van der Waals surface area contributed by atoms with Crippen LogP contribution in [0.4, 0.5) is 0 Å². The maximum atomic E-state index is 14.2. The van der Waals surface area contributed by atoms with Crippen LogP contribution in [-0.4, -0.2) is 31.6 Å². The van der Waals surface area contributed by atoms with Gasteiger partial charge in [-0.2, -0.15) is 0 Å². The molecule has 1 rings (SSSR count). The Morgan fingerprint density at radius 1 is 0.828 bits per heavy atom. The first-order valence-corrected chi connectivity index (χ1v) is 20.7. The number of hydrogen-bond acceptors (Lipinski definition) is 3. The fraction of sp³-hybridized carbons (Fsp3) is 0.667. The molecule has 1 aromatic carbocycles. The van der Waals surface area contributed by atoms with Gasteiger partial charge in [0, 0.05) is 0 Å². The Bertz CT molecular complexity index is 598. The van der Waals surface area contributed by atoms with E-state index in [1.54, 1.807) is 0 Å². The molecule has 0 fully saturated rings. The van der Waals surface area contributed by atoms with E-state index in [1.165, 1.54) is 51.8 Å². The van der Waals surface area contributed by atoms with Gasteiger partial charge in [-0.1, -0.05) is 0 Å². The average Bonchev–Trinajstić information content (AvgIpc) is 2.73. The second-order valence-electron chi connectivity index (χ2n) is 7.86. The summed E-state index contributed by atoms with van der Waals surface area (Å²) in [6.45, 7) is 11.5. The molecule has 166 valence electrons. The van der Waals surface area contributed by atoms with E-state index in [-0.39, 0.29) is 0 Å². The van der Waals surface area contributed by atoms with E-state index in [4.69, 9.17) is 9.05 Å². The van der Waals surface area contributed by atoms with E-state index in [9.17, 15) is 4.57 Å². The van der Waals surface area contributed by atoms with Crippen LogP contribution in [-0.2, 0) is 13.6 Å². The predicted molar refractivity (Wildman–Crippen MR) is 130 cm³/mol. The molecule has 0 spiro atoms. The fourth-order valence-electron chi connectivity index (χ4n) is 4.05. The van der Waals surface area contributed by atoms with Crippen molar-refractivity contribution in [2.75, 3.05) is 13.2 Å². The second-order valence-corrected chi connectivity index (χ2v) is 24.2. The van der Waals surface area contributed by atoms with Gasteiger partial charge in [-0.05, 0) is 0 Å². The van der Waals surface area contributed by atoms with E-state index in [1.807, 2.05) is 19.9 Å². The molecule has 0 aliphatic heterocycles. The molecule has 0 bridgehead atoms. The molecular formula is C24H43O3PSn. The minimum atomic E-state index is -3.28. The minimum absolute atomic E-state index is 0.417. The Balaban J connectivity index is 3.66. The van der Waals surface area contributed by atoms with Crippen molar-refractivity contribution >= 4 is 32.0 Å². The SMILES string of the molecule is CCC[CH2][Sn]([CH2]CCC)([CH2]CCC)[C](=Cc1ccccc1)P(=O)(OCC)OCC. The Morgan fingerprint density at radius 3 is 1.66 bits per heavy atom. The van der Waals surface area contributed by atoms with Gasteiger partial charge in [0.25, 0.3) is 0 Å². The second kappa shape index (κ2) is 14.8. The van der Waals surface area contributed by atoms with Crippen LogP contribution in [0.15, 0.2) is 33.7 Å². The molecule has 1 aromatic rings. The zero-order chi connectivity index (χ0) is 21.6. The van der Waals surface area contributed by atoms with E-state index >= 15 is 0 Å². The van der Waals surface area contributed by atoms with Crippen molar-refractivity contribution in [1.29, 1.82) is 0 Å². The number of unbranched alkanes of at least 4 members (excludes halogenated alkanes) is 3. The van der Waals surface area contributed by atoms with Crippen molar-refractivity contribution in [3.63, 3.8) is 0 Å². The van der Waals surface area contributed by atoms with Gasteiger partial charge >= 0.3 is 185 Å². The molecule has 0 radical (unpaired) electrons. The Morgan fingerprint density at radius 2 is 1.28 bits per heavy atom. The van der Waals surface area contributed by atoms with Gasteiger partial charge in [-0.3, -0.25) is 0 Å². The summed E-state index contributed by atoms with van der Waals surface area (Å²) in [5.41, 5.74) is 1.12. The van der Waals surface area contributed by atoms with Crippen molar-refractivity contribution in [2.24, 2.45) is 0 Å². The van der Waals surface area contributed by atoms with Crippen molar-refractivity contribution in [3.8, 4) is 0 Å². The molecule has 29 heavy (non-hydrogen) atoms. The summed E-state index contributed by atoms with van der Waals surface area (Å²) in [4.78, 5) is 0. The molecule has 3 nitrogen and oxygen atoms in total. The molecule has 0 unspecified atom stereocenters. The van der Waals surface area contributed by atoms with Crippen molar-refractivity contribution in [2.45, 2.75) is 86.5 Å². The number of hydrogen-bond donors (Lipinski definition) is 0. The van der Waals surface area contributed by atoms with Gasteiger partial charge < -0.3 is 0 Å². The van der Waals surface area contributed by atoms with Gasteiger partial charge in [-0.15, -0.1) is 0 Å². The van der Waals surface area contributed by atoms with Gasteiger partial charge in [0.15, 0.2) is 0 Å². The molecule has 0 aliphatic carbocycles. The topological polar surface area (TPSA) is 35.5 Å². The normalized spacial score (nSPS) is 13.1. The van der Waals surface area contributed by atoms with Crippen molar-refractivity contribution < 1.29 is 13.6 Å². The molecule has 0 amide bonds. The van der Waals surface area contributed by atoms with E-state index < -0.39 is 26.0 Å². The Kier molecular flexibility index (Phi) is 13.8. The summed E-state index contributed by atoms with van der Waals surface area (Å²) in [5, 5.41) is 0. The molecule has 0 saturated carbocycles. The summed E-state index contributed by atoms with van der Waals surface area (Å²) in [6, 6.07) is 10.4. The van der Waals surface area contributed by atoms with Gasteiger partial charge in [0.1, 0.15) is 0 Å². The zero-order valence-electron chi connectivity index (χ0n) is 19.4. The van der Waals surface area contributed by atoms with Crippen LogP contribution >= 0.6 is 7.60 Å². The van der Waals surface area contributed by atoms with Crippen LogP contribution in [0.1, 0.15) is 78.7 Å². The third-order valence-corrected chi connectivity index (χ3v) is 27.7. The van der Waals surface area contributed by atoms with Crippen LogP contribution in [0.25, 0.3) is 6.08 Å². The fourth-order valence-corrected chi connectivity index (χ4v) is 28.8. The molecular weight excluding hydrogens is 486 g/mol. The van der Waals surface area contributed by atoms with Crippen LogP contribution in [0.3, 0.4) is 0 Å². The Labute approximate surface area is 184 Å². The predicted octanol–water partition coefficient (Wildman–Crippen LogP) is 8.68. The quantitative estimate of drug-likeness (QED) is 0.159. The molecule has 0 saturated heterocycles. The standard InChI is InChI=1S/C12H16O3P.3C4H9.Sn/c1-3-14-16(13,15-4-2)11-10-12-8-6-5-7-9-12;3*1-3-4-2;/h5-10H,3-4H2,1-2H3;3*1,3-4H2,2H3;. The Hall–Kier alpha value is -0.0913. The van der Waals surface area contributed by atoms with Crippen LogP contribution in [0.2, 0.25) is 13.3 Å². The summed E-state index contributed by atoms with van der Waals surface area (Å²) in [6.07, 6.45) is 9.41. The summed E-state index contributed by atoms with van der Waals surface area (Å²) in [7, 11) is -3.28. The first-order valence-electron chi connectivity index (χ1n) is 11.7. The molecule has 0 aliphatic rings. The molecule has 0 heterocycles.